The molecular formula is C10H14F8. The number of hydrogen-bond donors (Lipinski definition) is 0. The molecule has 0 aliphatic carbocycles. The second kappa shape index (κ2) is 5.21. The Kier molecular flexibility index (Phi) is 5.04. The van der Waals surface area contributed by atoms with Gasteiger partial charge < -0.3 is 0 Å². The van der Waals surface area contributed by atoms with E-state index < -0.39 is 49.4 Å². The van der Waals surface area contributed by atoms with Gasteiger partial charge in [0.15, 0.2) is 0 Å². The molecule has 0 aromatic heterocycles. The quantitative estimate of drug-likeness (QED) is 0.569. The third-order valence-corrected chi connectivity index (χ3v) is 2.71. The Morgan fingerprint density at radius 2 is 0.722 bits per heavy atom. The van der Waals surface area contributed by atoms with Crippen LogP contribution >= 0.6 is 0 Å². The zero-order chi connectivity index (χ0) is 14.8. The fraction of sp³-hybridized carbons (Fsp3) is 1.00. The van der Waals surface area contributed by atoms with E-state index in [9.17, 15) is 35.1 Å². The molecule has 0 atom stereocenters. The van der Waals surface area contributed by atoms with E-state index in [0.29, 0.717) is 0 Å². The highest BCUT2D eigenvalue weighted by Gasteiger charge is 2.59. The van der Waals surface area contributed by atoms with Gasteiger partial charge in [-0.2, -0.15) is 35.1 Å². The lowest BCUT2D eigenvalue weighted by molar-refractivity contribution is -0.244. The molecule has 0 unspecified atom stereocenters. The first-order chi connectivity index (χ1) is 7.83. The zero-order valence-electron chi connectivity index (χ0n) is 9.85. The van der Waals surface area contributed by atoms with Gasteiger partial charge in [0.1, 0.15) is 0 Å². The molecule has 0 aromatic carbocycles. The summed E-state index contributed by atoms with van der Waals surface area (Å²) in [5.74, 6) is -18.4. The maximum absolute atomic E-state index is 12.9. The number of halogens is 8. The summed E-state index contributed by atoms with van der Waals surface area (Å²) in [6.07, 6.45) is -6.49. The summed E-state index contributed by atoms with van der Waals surface area (Å²) in [5.41, 5.74) is 0. The largest absolute Gasteiger partial charge is 0.310 e. The molecule has 0 saturated heterocycles. The maximum atomic E-state index is 12.9. The van der Waals surface area contributed by atoms with Gasteiger partial charge in [-0.05, 0) is 0 Å². The molecule has 0 rings (SSSR count). The minimum absolute atomic E-state index is 0.757. The molecule has 0 aliphatic heterocycles. The summed E-state index contributed by atoms with van der Waals surface area (Å²) in [4.78, 5) is 0. The summed E-state index contributed by atoms with van der Waals surface area (Å²) in [7, 11) is 0. The van der Waals surface area contributed by atoms with Crippen LogP contribution < -0.4 is 0 Å². The van der Waals surface area contributed by atoms with Gasteiger partial charge in [0.2, 0.25) is 0 Å². The van der Waals surface area contributed by atoms with Crippen LogP contribution in [0.15, 0.2) is 0 Å². The lowest BCUT2D eigenvalue weighted by atomic mass is 9.97. The van der Waals surface area contributed by atoms with E-state index in [-0.39, 0.29) is 0 Å². The van der Waals surface area contributed by atoms with Crippen LogP contribution in [0.3, 0.4) is 0 Å². The van der Waals surface area contributed by atoms with Gasteiger partial charge in [0.25, 0.3) is 0 Å². The normalized spacial score (nSPS) is 15.0. The first-order valence-electron chi connectivity index (χ1n) is 5.34. The first-order valence-corrected chi connectivity index (χ1v) is 5.34. The van der Waals surface area contributed by atoms with Crippen LogP contribution in [0.1, 0.15) is 39.5 Å². The molecule has 0 aliphatic rings. The Balaban J connectivity index is 4.77. The Hall–Kier alpha value is -0.560. The highest BCUT2D eigenvalue weighted by molar-refractivity contribution is 4.89. The average Bonchev–Trinajstić information content (AvgIpc) is 2.26. The molecule has 0 N–H and O–H groups in total. The minimum Gasteiger partial charge on any atom is -0.200 e. The van der Waals surface area contributed by atoms with E-state index in [1.54, 1.807) is 0 Å². The standard InChI is InChI=1S/C10H14F8/c1-3-7(11,12)9(15,16)5-6-10(17,18)8(13,14)4-2/h3-6H2,1-2H3. The van der Waals surface area contributed by atoms with Crippen molar-refractivity contribution >= 4 is 0 Å². The average molecular weight is 286 g/mol. The van der Waals surface area contributed by atoms with Crippen molar-refractivity contribution in [3.8, 4) is 0 Å². The van der Waals surface area contributed by atoms with Gasteiger partial charge >= 0.3 is 23.7 Å². The second-order valence-electron chi connectivity index (χ2n) is 4.02. The highest BCUT2D eigenvalue weighted by atomic mass is 19.3. The van der Waals surface area contributed by atoms with Gasteiger partial charge in [-0.15, -0.1) is 0 Å². The molecule has 0 fully saturated rings. The van der Waals surface area contributed by atoms with E-state index in [2.05, 4.69) is 0 Å². The predicted molar refractivity (Wildman–Crippen MR) is 49.6 cm³/mol. The zero-order valence-corrected chi connectivity index (χ0v) is 9.85. The van der Waals surface area contributed by atoms with Gasteiger partial charge in [-0.1, -0.05) is 13.8 Å². The SMILES string of the molecule is CCC(F)(F)C(F)(F)CCC(F)(F)C(F)(F)CC. The molecule has 0 heterocycles. The van der Waals surface area contributed by atoms with Crippen LogP contribution in [0.25, 0.3) is 0 Å². The van der Waals surface area contributed by atoms with Crippen molar-refractivity contribution in [3.63, 3.8) is 0 Å². The third-order valence-electron chi connectivity index (χ3n) is 2.71. The van der Waals surface area contributed by atoms with E-state index in [4.69, 9.17) is 0 Å². The molecule has 0 nitrogen and oxygen atoms in total. The number of alkyl halides is 8. The van der Waals surface area contributed by atoms with Crippen molar-refractivity contribution in [2.24, 2.45) is 0 Å². The summed E-state index contributed by atoms with van der Waals surface area (Å²) in [6, 6.07) is 0. The monoisotopic (exact) mass is 286 g/mol. The van der Waals surface area contributed by atoms with Crippen LogP contribution in [-0.4, -0.2) is 23.7 Å². The van der Waals surface area contributed by atoms with E-state index in [1.807, 2.05) is 0 Å². The van der Waals surface area contributed by atoms with Crippen molar-refractivity contribution in [1.82, 2.24) is 0 Å². The van der Waals surface area contributed by atoms with E-state index in [0.717, 1.165) is 13.8 Å². The molecule has 18 heavy (non-hydrogen) atoms. The number of rotatable bonds is 7. The van der Waals surface area contributed by atoms with E-state index >= 15 is 0 Å². The van der Waals surface area contributed by atoms with Crippen LogP contribution in [0, 0.1) is 0 Å². The highest BCUT2D eigenvalue weighted by Crippen LogP contribution is 2.46. The fourth-order valence-corrected chi connectivity index (χ4v) is 1.20. The lowest BCUT2D eigenvalue weighted by Gasteiger charge is -2.30. The van der Waals surface area contributed by atoms with Crippen LogP contribution in [-0.2, 0) is 0 Å². The Bertz CT molecular complexity index is 243. The Morgan fingerprint density at radius 3 is 0.889 bits per heavy atom. The Morgan fingerprint density at radius 1 is 0.500 bits per heavy atom. The minimum atomic E-state index is -4.73. The van der Waals surface area contributed by atoms with Crippen LogP contribution in [0.2, 0.25) is 0 Å². The smallest absolute Gasteiger partial charge is 0.200 e. The van der Waals surface area contributed by atoms with Crippen LogP contribution in [0.5, 0.6) is 0 Å². The van der Waals surface area contributed by atoms with Crippen molar-refractivity contribution in [3.05, 3.63) is 0 Å². The first kappa shape index (κ1) is 17.4. The third kappa shape index (κ3) is 3.47. The molecule has 0 amide bonds. The molecular weight excluding hydrogens is 272 g/mol. The molecule has 0 spiro atoms. The topological polar surface area (TPSA) is 0 Å². The second-order valence-corrected chi connectivity index (χ2v) is 4.02. The summed E-state index contributed by atoms with van der Waals surface area (Å²) in [5, 5.41) is 0. The lowest BCUT2D eigenvalue weighted by Crippen LogP contribution is -2.45. The summed E-state index contributed by atoms with van der Waals surface area (Å²) in [6.45, 7) is 1.51. The number of hydrogen-bond acceptors (Lipinski definition) is 0. The van der Waals surface area contributed by atoms with Gasteiger partial charge in [-0.25, -0.2) is 0 Å². The van der Waals surface area contributed by atoms with E-state index in [1.165, 1.54) is 0 Å². The van der Waals surface area contributed by atoms with Gasteiger partial charge in [0, 0.05) is 25.7 Å². The van der Waals surface area contributed by atoms with Gasteiger partial charge in [-0.3, -0.25) is 0 Å². The molecule has 0 saturated carbocycles. The fourth-order valence-electron chi connectivity index (χ4n) is 1.20. The summed E-state index contributed by atoms with van der Waals surface area (Å²) >= 11 is 0. The van der Waals surface area contributed by atoms with Gasteiger partial charge in [0.05, 0.1) is 0 Å². The molecule has 8 heteroatoms. The van der Waals surface area contributed by atoms with Crippen molar-refractivity contribution in [1.29, 1.82) is 0 Å². The molecule has 0 bridgehead atoms. The molecule has 0 radical (unpaired) electrons. The summed E-state index contributed by atoms with van der Waals surface area (Å²) < 4.78 is 102. The van der Waals surface area contributed by atoms with Crippen molar-refractivity contribution < 1.29 is 35.1 Å². The van der Waals surface area contributed by atoms with Crippen molar-refractivity contribution in [2.75, 3.05) is 0 Å². The Labute approximate surface area is 99.3 Å². The van der Waals surface area contributed by atoms with Crippen molar-refractivity contribution in [2.45, 2.75) is 63.2 Å². The maximum Gasteiger partial charge on any atom is 0.310 e. The predicted octanol–water partition coefficient (Wildman–Crippen LogP) is 5.13. The molecule has 0 aromatic rings. The molecule has 110 valence electrons. The van der Waals surface area contributed by atoms with Crippen LogP contribution in [0.4, 0.5) is 35.1 Å².